The van der Waals surface area contributed by atoms with Gasteiger partial charge in [0, 0.05) is 12.1 Å². The van der Waals surface area contributed by atoms with Crippen molar-refractivity contribution in [1.82, 2.24) is 10.2 Å². The average Bonchev–Trinajstić information content (AvgIpc) is 2.70. The van der Waals surface area contributed by atoms with E-state index in [1.165, 1.54) is 4.90 Å². The van der Waals surface area contributed by atoms with Gasteiger partial charge in [0.15, 0.2) is 0 Å². The van der Waals surface area contributed by atoms with Gasteiger partial charge in [0.25, 0.3) is 0 Å². The van der Waals surface area contributed by atoms with Gasteiger partial charge in [0.2, 0.25) is 21.8 Å². The van der Waals surface area contributed by atoms with E-state index in [0.717, 1.165) is 32.8 Å². The Balaban J connectivity index is 2.44. The van der Waals surface area contributed by atoms with Crippen LogP contribution in [0.5, 0.6) is 0 Å². The number of benzene rings is 2. The van der Waals surface area contributed by atoms with Crippen LogP contribution >= 0.6 is 0 Å². The van der Waals surface area contributed by atoms with Crippen LogP contribution in [0.1, 0.15) is 49.9 Å². The van der Waals surface area contributed by atoms with Crippen LogP contribution in [0.15, 0.2) is 42.5 Å². The second kappa shape index (κ2) is 10.6. The van der Waals surface area contributed by atoms with Gasteiger partial charge in [-0.2, -0.15) is 0 Å². The Labute approximate surface area is 204 Å². The standard InChI is InChI=1S/C26H37N3O4S/c1-18-10-13-22(14-11-18)16-28(21(4)25(31)27-26(5,6)7)24(30)17-29(34(8,32)33)23-15-19(2)9-12-20(23)3/h9-15,21H,16-17H2,1-8H3,(H,27,31)/t21-/m0/s1. The number of aryl methyl sites for hydroxylation is 3. The predicted molar refractivity (Wildman–Crippen MR) is 137 cm³/mol. The summed E-state index contributed by atoms with van der Waals surface area (Å²) >= 11 is 0. The van der Waals surface area contributed by atoms with Gasteiger partial charge < -0.3 is 10.2 Å². The van der Waals surface area contributed by atoms with E-state index in [9.17, 15) is 18.0 Å². The minimum Gasteiger partial charge on any atom is -0.350 e. The van der Waals surface area contributed by atoms with Gasteiger partial charge in [0.1, 0.15) is 12.6 Å². The third-order valence-corrected chi connectivity index (χ3v) is 6.58. The van der Waals surface area contributed by atoms with Crippen molar-refractivity contribution in [3.8, 4) is 0 Å². The highest BCUT2D eigenvalue weighted by atomic mass is 32.2. The number of carbonyl (C=O) groups is 2. The fourth-order valence-corrected chi connectivity index (χ4v) is 4.43. The molecule has 2 aromatic carbocycles. The second-order valence-electron chi connectivity index (χ2n) is 9.98. The van der Waals surface area contributed by atoms with Gasteiger partial charge in [-0.1, -0.05) is 42.0 Å². The first-order valence-electron chi connectivity index (χ1n) is 11.3. The molecule has 0 saturated heterocycles. The van der Waals surface area contributed by atoms with E-state index >= 15 is 0 Å². The molecule has 0 heterocycles. The van der Waals surface area contributed by atoms with Gasteiger partial charge in [-0.3, -0.25) is 13.9 Å². The molecule has 0 aliphatic rings. The zero-order valence-electron chi connectivity index (χ0n) is 21.5. The number of hydrogen-bond donors (Lipinski definition) is 1. The topological polar surface area (TPSA) is 86.8 Å². The lowest BCUT2D eigenvalue weighted by Crippen LogP contribution is -2.54. The first kappa shape index (κ1) is 27.4. The Morgan fingerprint density at radius 1 is 0.971 bits per heavy atom. The molecule has 0 fully saturated rings. The molecule has 0 unspecified atom stereocenters. The normalized spacial score (nSPS) is 12.7. The lowest BCUT2D eigenvalue weighted by molar-refractivity contribution is -0.140. The molecule has 0 spiro atoms. The summed E-state index contributed by atoms with van der Waals surface area (Å²) in [5.74, 6) is -0.755. The lowest BCUT2D eigenvalue weighted by atomic mass is 10.1. The van der Waals surface area contributed by atoms with Crippen LogP contribution in [0.2, 0.25) is 0 Å². The minimum atomic E-state index is -3.75. The van der Waals surface area contributed by atoms with E-state index in [1.54, 1.807) is 19.9 Å². The molecule has 0 radical (unpaired) electrons. The Hall–Kier alpha value is -2.87. The molecule has 0 aliphatic carbocycles. The van der Waals surface area contributed by atoms with Gasteiger partial charge in [-0.05, 0) is 71.2 Å². The van der Waals surface area contributed by atoms with Crippen molar-refractivity contribution in [3.05, 3.63) is 64.7 Å². The highest BCUT2D eigenvalue weighted by Crippen LogP contribution is 2.24. The van der Waals surface area contributed by atoms with Crippen molar-refractivity contribution < 1.29 is 18.0 Å². The Morgan fingerprint density at radius 2 is 1.53 bits per heavy atom. The van der Waals surface area contributed by atoms with E-state index in [-0.39, 0.29) is 12.5 Å². The third-order valence-electron chi connectivity index (χ3n) is 5.45. The number of nitrogens with zero attached hydrogens (tertiary/aromatic N) is 2. The minimum absolute atomic E-state index is 0.183. The van der Waals surface area contributed by atoms with Crippen LogP contribution in [0.25, 0.3) is 0 Å². The molecule has 1 N–H and O–H groups in total. The van der Waals surface area contributed by atoms with Crippen molar-refractivity contribution >= 4 is 27.5 Å². The number of anilines is 1. The first-order chi connectivity index (χ1) is 15.6. The first-order valence-corrected chi connectivity index (χ1v) is 13.2. The second-order valence-corrected chi connectivity index (χ2v) is 11.9. The molecule has 0 bridgehead atoms. The van der Waals surface area contributed by atoms with Gasteiger partial charge in [-0.15, -0.1) is 0 Å². The molecule has 7 nitrogen and oxygen atoms in total. The molecule has 2 rings (SSSR count). The summed E-state index contributed by atoms with van der Waals surface area (Å²) in [4.78, 5) is 28.0. The van der Waals surface area contributed by atoms with E-state index in [4.69, 9.17) is 0 Å². The molecule has 8 heteroatoms. The van der Waals surface area contributed by atoms with Crippen molar-refractivity contribution in [1.29, 1.82) is 0 Å². The van der Waals surface area contributed by atoms with Crippen molar-refractivity contribution in [2.24, 2.45) is 0 Å². The van der Waals surface area contributed by atoms with E-state index in [1.807, 2.05) is 71.0 Å². The number of hydrogen-bond acceptors (Lipinski definition) is 4. The molecule has 1 atom stereocenters. The Morgan fingerprint density at radius 3 is 2.06 bits per heavy atom. The van der Waals surface area contributed by atoms with Crippen LogP contribution in [0.4, 0.5) is 5.69 Å². The molecule has 0 aromatic heterocycles. The van der Waals surface area contributed by atoms with E-state index < -0.39 is 34.1 Å². The summed E-state index contributed by atoms with van der Waals surface area (Å²) in [5.41, 5.74) is 3.55. The smallest absolute Gasteiger partial charge is 0.244 e. The van der Waals surface area contributed by atoms with Crippen LogP contribution in [-0.2, 0) is 26.2 Å². The molecule has 34 heavy (non-hydrogen) atoms. The molecule has 2 aromatic rings. The van der Waals surface area contributed by atoms with E-state index in [2.05, 4.69) is 5.32 Å². The summed E-state index contributed by atoms with van der Waals surface area (Å²) in [5, 5.41) is 2.92. The maximum atomic E-state index is 13.6. The van der Waals surface area contributed by atoms with Gasteiger partial charge >= 0.3 is 0 Å². The van der Waals surface area contributed by atoms with Gasteiger partial charge in [-0.25, -0.2) is 8.42 Å². The third kappa shape index (κ3) is 7.58. The number of nitrogens with one attached hydrogen (secondary N) is 1. The summed E-state index contributed by atoms with van der Waals surface area (Å²) in [6, 6.07) is 12.4. The maximum Gasteiger partial charge on any atom is 0.244 e. The van der Waals surface area contributed by atoms with E-state index in [0.29, 0.717) is 5.69 Å². The summed E-state index contributed by atoms with van der Waals surface area (Å²) in [6.07, 6.45) is 1.09. The summed E-state index contributed by atoms with van der Waals surface area (Å²) < 4.78 is 26.6. The SMILES string of the molecule is Cc1ccc(CN(C(=O)CN(c2cc(C)ccc2C)S(C)(=O)=O)[C@@H](C)C(=O)NC(C)(C)C)cc1. The monoisotopic (exact) mass is 487 g/mol. The zero-order chi connectivity index (χ0) is 25.8. The molecule has 186 valence electrons. The highest BCUT2D eigenvalue weighted by Gasteiger charge is 2.31. The maximum absolute atomic E-state index is 13.6. The average molecular weight is 488 g/mol. The van der Waals surface area contributed by atoms with Crippen molar-refractivity contribution in [2.45, 2.75) is 66.6 Å². The quantitative estimate of drug-likeness (QED) is 0.615. The number of amides is 2. The molecule has 0 aliphatic heterocycles. The van der Waals surface area contributed by atoms with Crippen molar-refractivity contribution in [3.63, 3.8) is 0 Å². The van der Waals surface area contributed by atoms with Crippen LogP contribution in [0, 0.1) is 20.8 Å². The van der Waals surface area contributed by atoms with Crippen molar-refractivity contribution in [2.75, 3.05) is 17.1 Å². The molecular weight excluding hydrogens is 450 g/mol. The highest BCUT2D eigenvalue weighted by molar-refractivity contribution is 7.92. The number of carbonyl (C=O) groups excluding carboxylic acids is 2. The summed E-state index contributed by atoms with van der Waals surface area (Å²) in [7, 11) is -3.75. The Bertz CT molecular complexity index is 1140. The number of sulfonamides is 1. The fraction of sp³-hybridized carbons (Fsp3) is 0.462. The fourth-order valence-electron chi connectivity index (χ4n) is 3.53. The lowest BCUT2D eigenvalue weighted by Gasteiger charge is -2.33. The predicted octanol–water partition coefficient (Wildman–Crippen LogP) is 3.71. The van der Waals surface area contributed by atoms with Crippen LogP contribution < -0.4 is 9.62 Å². The largest absolute Gasteiger partial charge is 0.350 e. The molecule has 0 saturated carbocycles. The van der Waals surface area contributed by atoms with Crippen LogP contribution in [0.3, 0.4) is 0 Å². The van der Waals surface area contributed by atoms with Crippen LogP contribution in [-0.4, -0.2) is 49.5 Å². The Kier molecular flexibility index (Phi) is 8.53. The molecule has 2 amide bonds. The molecular formula is C26H37N3O4S. The summed E-state index contributed by atoms with van der Waals surface area (Å²) in [6.45, 7) is 12.7. The zero-order valence-corrected chi connectivity index (χ0v) is 22.3. The number of rotatable bonds is 8. The van der Waals surface area contributed by atoms with Gasteiger partial charge in [0.05, 0.1) is 11.9 Å².